The van der Waals surface area contributed by atoms with Crippen LogP contribution in [0.1, 0.15) is 11.3 Å². The smallest absolute Gasteiger partial charge is 0.159 e. The monoisotopic (exact) mass is 245 g/mol. The minimum absolute atomic E-state index is 0.132. The average Bonchev–Trinajstić information content (AvgIpc) is 2.86. The van der Waals surface area contributed by atoms with Gasteiger partial charge in [-0.25, -0.2) is 0 Å². The van der Waals surface area contributed by atoms with Crippen LogP contribution < -0.4 is 0 Å². The second-order valence-corrected chi connectivity index (χ2v) is 3.75. The van der Waals surface area contributed by atoms with Crippen molar-refractivity contribution in [1.29, 1.82) is 5.26 Å². The molecular formula is C12H8ClN3O. The average molecular weight is 246 g/mol. The Labute approximate surface area is 103 Å². The molecule has 0 saturated heterocycles. The fourth-order valence-corrected chi connectivity index (χ4v) is 1.52. The van der Waals surface area contributed by atoms with Crippen LogP contribution in [0, 0.1) is 11.3 Å². The highest BCUT2D eigenvalue weighted by Crippen LogP contribution is 2.23. The van der Waals surface area contributed by atoms with Gasteiger partial charge >= 0.3 is 0 Å². The van der Waals surface area contributed by atoms with E-state index in [-0.39, 0.29) is 11.3 Å². The van der Waals surface area contributed by atoms with Crippen molar-refractivity contribution in [3.05, 3.63) is 52.8 Å². The van der Waals surface area contributed by atoms with Gasteiger partial charge in [0.05, 0.1) is 0 Å². The summed E-state index contributed by atoms with van der Waals surface area (Å²) in [6, 6.07) is 10.2. The summed E-state index contributed by atoms with van der Waals surface area (Å²) in [5.74, 6) is -0.132. The van der Waals surface area contributed by atoms with Crippen LogP contribution in [0.25, 0.3) is 11.3 Å². The maximum absolute atomic E-state index is 9.94. The summed E-state index contributed by atoms with van der Waals surface area (Å²) in [5.41, 5.74) is 1.17. The molecule has 2 N–H and O–H groups in total. The van der Waals surface area contributed by atoms with Crippen molar-refractivity contribution >= 4 is 22.9 Å². The first-order chi connectivity index (χ1) is 8.22. The zero-order valence-electron chi connectivity index (χ0n) is 8.68. The number of aliphatic hydroxyl groups is 1. The third-order valence-corrected chi connectivity index (χ3v) is 2.49. The number of benzene rings is 1. The van der Waals surface area contributed by atoms with Crippen molar-refractivity contribution in [3.8, 4) is 6.07 Å². The minimum Gasteiger partial charge on any atom is -0.504 e. The van der Waals surface area contributed by atoms with Gasteiger partial charge in [-0.1, -0.05) is 23.7 Å². The van der Waals surface area contributed by atoms with Gasteiger partial charge in [0, 0.05) is 11.2 Å². The quantitative estimate of drug-likeness (QED) is 0.631. The highest BCUT2D eigenvalue weighted by Gasteiger charge is 2.11. The summed E-state index contributed by atoms with van der Waals surface area (Å²) < 4.78 is 0. The van der Waals surface area contributed by atoms with E-state index in [0.717, 1.165) is 0 Å². The number of aromatic nitrogens is 2. The number of hydrogen-bond acceptors (Lipinski definition) is 3. The van der Waals surface area contributed by atoms with Crippen molar-refractivity contribution in [2.75, 3.05) is 0 Å². The zero-order valence-corrected chi connectivity index (χ0v) is 9.44. The van der Waals surface area contributed by atoms with E-state index in [1.165, 1.54) is 6.20 Å². The molecule has 0 amide bonds. The maximum atomic E-state index is 9.94. The SMILES string of the molecule is N#C/C(=C(\O)c1ccn[nH]1)c1ccc(Cl)cc1. The van der Waals surface area contributed by atoms with Gasteiger partial charge in [0.25, 0.3) is 0 Å². The summed E-state index contributed by atoms with van der Waals surface area (Å²) in [4.78, 5) is 0. The van der Waals surface area contributed by atoms with Gasteiger partial charge in [0.1, 0.15) is 17.3 Å². The number of allylic oxidation sites excluding steroid dienone is 1. The summed E-state index contributed by atoms with van der Waals surface area (Å²) in [6.07, 6.45) is 1.50. The van der Waals surface area contributed by atoms with Crippen LogP contribution in [0.15, 0.2) is 36.5 Å². The number of aromatic amines is 1. The first-order valence-corrected chi connectivity index (χ1v) is 5.19. The summed E-state index contributed by atoms with van der Waals surface area (Å²) >= 11 is 5.76. The Morgan fingerprint density at radius 2 is 2.00 bits per heavy atom. The molecule has 0 radical (unpaired) electrons. The van der Waals surface area contributed by atoms with Gasteiger partial charge in [0.2, 0.25) is 0 Å². The molecule has 2 aromatic rings. The van der Waals surface area contributed by atoms with Gasteiger partial charge < -0.3 is 5.11 Å². The molecule has 0 spiro atoms. The molecule has 0 atom stereocenters. The molecule has 4 nitrogen and oxygen atoms in total. The second-order valence-electron chi connectivity index (χ2n) is 3.31. The molecule has 84 valence electrons. The Balaban J connectivity index is 2.51. The van der Waals surface area contributed by atoms with Crippen LogP contribution in [-0.2, 0) is 0 Å². The van der Waals surface area contributed by atoms with Crippen molar-refractivity contribution in [2.45, 2.75) is 0 Å². The van der Waals surface area contributed by atoms with Crippen molar-refractivity contribution < 1.29 is 5.11 Å². The molecule has 0 aliphatic heterocycles. The lowest BCUT2D eigenvalue weighted by Crippen LogP contribution is -1.90. The Morgan fingerprint density at radius 1 is 1.29 bits per heavy atom. The van der Waals surface area contributed by atoms with Crippen LogP contribution in [0.2, 0.25) is 5.02 Å². The molecule has 2 rings (SSSR count). The van der Waals surface area contributed by atoms with E-state index in [2.05, 4.69) is 10.2 Å². The van der Waals surface area contributed by atoms with E-state index in [1.54, 1.807) is 30.3 Å². The predicted molar refractivity (Wildman–Crippen MR) is 65.1 cm³/mol. The molecule has 5 heteroatoms. The van der Waals surface area contributed by atoms with E-state index in [1.807, 2.05) is 6.07 Å². The van der Waals surface area contributed by atoms with Crippen LogP contribution in [0.5, 0.6) is 0 Å². The van der Waals surface area contributed by atoms with Crippen molar-refractivity contribution in [3.63, 3.8) is 0 Å². The number of hydrogen-bond donors (Lipinski definition) is 2. The van der Waals surface area contributed by atoms with Crippen molar-refractivity contribution in [1.82, 2.24) is 10.2 Å². The lowest BCUT2D eigenvalue weighted by Gasteiger charge is -2.02. The number of H-pyrrole nitrogens is 1. The number of nitrogens with zero attached hydrogens (tertiary/aromatic N) is 2. The first-order valence-electron chi connectivity index (χ1n) is 4.81. The first kappa shape index (κ1) is 11.2. The molecule has 1 aromatic heterocycles. The highest BCUT2D eigenvalue weighted by atomic mass is 35.5. The van der Waals surface area contributed by atoms with Crippen molar-refractivity contribution in [2.24, 2.45) is 0 Å². The molecular weight excluding hydrogens is 238 g/mol. The number of rotatable bonds is 2. The van der Waals surface area contributed by atoms with E-state index >= 15 is 0 Å². The third kappa shape index (κ3) is 2.30. The van der Waals surface area contributed by atoms with E-state index in [0.29, 0.717) is 16.3 Å². The van der Waals surface area contributed by atoms with Gasteiger partial charge in [-0.3, -0.25) is 5.10 Å². The normalized spacial score (nSPS) is 11.8. The second kappa shape index (κ2) is 4.73. The lowest BCUT2D eigenvalue weighted by molar-refractivity contribution is 0.510. The van der Waals surface area contributed by atoms with Gasteiger partial charge in [0.15, 0.2) is 5.76 Å². The summed E-state index contributed by atoms with van der Waals surface area (Å²) in [7, 11) is 0. The van der Waals surface area contributed by atoms with Gasteiger partial charge in [-0.2, -0.15) is 10.4 Å². The fourth-order valence-electron chi connectivity index (χ4n) is 1.39. The maximum Gasteiger partial charge on any atom is 0.159 e. The van der Waals surface area contributed by atoms with Crippen LogP contribution in [0.3, 0.4) is 0 Å². The molecule has 0 aliphatic carbocycles. The minimum atomic E-state index is -0.132. The molecule has 0 saturated carbocycles. The van der Waals surface area contributed by atoms with E-state index in [4.69, 9.17) is 16.9 Å². The third-order valence-electron chi connectivity index (χ3n) is 2.24. The van der Waals surface area contributed by atoms with Gasteiger partial charge in [-0.15, -0.1) is 0 Å². The summed E-state index contributed by atoms with van der Waals surface area (Å²) in [6.45, 7) is 0. The molecule has 0 unspecified atom stereocenters. The topological polar surface area (TPSA) is 72.7 Å². The Kier molecular flexibility index (Phi) is 3.12. The van der Waals surface area contributed by atoms with Crippen LogP contribution in [0.4, 0.5) is 0 Å². The Hall–Kier alpha value is -2.25. The molecule has 0 aliphatic rings. The summed E-state index contributed by atoms with van der Waals surface area (Å²) in [5, 5.41) is 25.9. The standard InChI is InChI=1S/C12H8ClN3O/c13-9-3-1-8(2-4-9)10(7-14)12(17)11-5-6-15-16-11/h1-6,17H,(H,15,16)/b12-10+. The highest BCUT2D eigenvalue weighted by molar-refractivity contribution is 6.30. The Morgan fingerprint density at radius 3 is 2.53 bits per heavy atom. The largest absolute Gasteiger partial charge is 0.504 e. The van der Waals surface area contributed by atoms with Gasteiger partial charge in [-0.05, 0) is 23.8 Å². The van der Waals surface area contributed by atoms with E-state index in [9.17, 15) is 5.11 Å². The fraction of sp³-hybridized carbons (Fsp3) is 0. The number of halogens is 1. The van der Waals surface area contributed by atoms with Crippen LogP contribution in [-0.4, -0.2) is 15.3 Å². The number of nitrogens with one attached hydrogen (secondary N) is 1. The van der Waals surface area contributed by atoms with E-state index < -0.39 is 0 Å². The zero-order chi connectivity index (χ0) is 12.3. The Bertz CT molecular complexity index is 579. The molecule has 1 heterocycles. The molecule has 17 heavy (non-hydrogen) atoms. The number of aliphatic hydroxyl groups excluding tert-OH is 1. The molecule has 0 fully saturated rings. The predicted octanol–water partition coefficient (Wildman–Crippen LogP) is 3.01. The molecule has 1 aromatic carbocycles. The molecule has 0 bridgehead atoms. The lowest BCUT2D eigenvalue weighted by atomic mass is 10.0. The number of nitriles is 1. The van der Waals surface area contributed by atoms with Crippen LogP contribution >= 0.6 is 11.6 Å².